The van der Waals surface area contributed by atoms with E-state index in [1.54, 1.807) is 12.4 Å². The van der Waals surface area contributed by atoms with E-state index in [4.69, 9.17) is 16.6 Å². The van der Waals surface area contributed by atoms with Crippen LogP contribution in [0.25, 0.3) is 0 Å². The molecule has 1 amide bonds. The van der Waals surface area contributed by atoms with Gasteiger partial charge < -0.3 is 4.90 Å². The minimum Gasteiger partial charge on any atom is -0.337 e. The number of benzene rings is 1. The van der Waals surface area contributed by atoms with Crippen molar-refractivity contribution in [3.8, 4) is 0 Å². The summed E-state index contributed by atoms with van der Waals surface area (Å²) in [6, 6.07) is 14.0. The zero-order chi connectivity index (χ0) is 19.3. The van der Waals surface area contributed by atoms with Crippen LogP contribution in [0.1, 0.15) is 46.2 Å². The molecule has 4 rings (SSSR count). The number of rotatable bonds is 4. The van der Waals surface area contributed by atoms with Crippen LogP contribution in [0.4, 0.5) is 0 Å². The van der Waals surface area contributed by atoms with Crippen molar-refractivity contribution in [3.05, 3.63) is 88.7 Å². The van der Waals surface area contributed by atoms with Crippen molar-refractivity contribution < 1.29 is 4.79 Å². The zero-order valence-corrected chi connectivity index (χ0v) is 16.2. The molecule has 3 aromatic rings. The number of amides is 1. The van der Waals surface area contributed by atoms with Gasteiger partial charge in [-0.25, -0.2) is 4.98 Å². The molecule has 1 fully saturated rings. The van der Waals surface area contributed by atoms with E-state index in [0.29, 0.717) is 12.2 Å². The second-order valence-electron chi connectivity index (χ2n) is 7.04. The molecule has 1 aromatic carbocycles. The van der Waals surface area contributed by atoms with Crippen LogP contribution in [0.5, 0.6) is 0 Å². The summed E-state index contributed by atoms with van der Waals surface area (Å²) < 4.78 is 0. The van der Waals surface area contributed by atoms with Crippen LogP contribution in [0.3, 0.4) is 0 Å². The molecular formula is C22H21ClN4O. The molecule has 0 unspecified atom stereocenters. The lowest BCUT2D eigenvalue weighted by Gasteiger charge is -2.32. The maximum atomic E-state index is 12.7. The Hall–Kier alpha value is -2.79. The van der Waals surface area contributed by atoms with E-state index in [-0.39, 0.29) is 11.8 Å². The van der Waals surface area contributed by atoms with E-state index in [9.17, 15) is 4.79 Å². The van der Waals surface area contributed by atoms with Crippen molar-refractivity contribution in [2.75, 3.05) is 13.1 Å². The average molecular weight is 393 g/mol. The number of likely N-dealkylation sites (tertiary alicyclic amines) is 1. The standard InChI is InChI=1S/C22H21ClN4O/c23-18-8-6-16(7-9-18)13-19-4-1-5-20(26-19)17-3-2-12-27(15-17)22(28)21-14-24-10-11-25-21/h1,4-11,14,17H,2-3,12-13,15H2/t17-/m0/s1. The fourth-order valence-corrected chi connectivity index (χ4v) is 3.74. The lowest BCUT2D eigenvalue weighted by atomic mass is 9.93. The number of piperidine rings is 1. The van der Waals surface area contributed by atoms with Crippen molar-refractivity contribution in [2.45, 2.75) is 25.2 Å². The summed E-state index contributed by atoms with van der Waals surface area (Å²) in [5.74, 6) is 0.176. The van der Waals surface area contributed by atoms with E-state index >= 15 is 0 Å². The molecule has 0 saturated carbocycles. The van der Waals surface area contributed by atoms with Crippen LogP contribution in [-0.2, 0) is 6.42 Å². The fraction of sp³-hybridized carbons (Fsp3) is 0.273. The first-order valence-corrected chi connectivity index (χ1v) is 9.82. The van der Waals surface area contributed by atoms with Gasteiger partial charge in [-0.2, -0.15) is 0 Å². The monoisotopic (exact) mass is 392 g/mol. The number of hydrogen-bond donors (Lipinski definition) is 0. The molecule has 1 aliphatic rings. The van der Waals surface area contributed by atoms with Crippen LogP contribution >= 0.6 is 11.6 Å². The second-order valence-corrected chi connectivity index (χ2v) is 7.47. The van der Waals surface area contributed by atoms with Gasteiger partial charge in [-0.15, -0.1) is 0 Å². The predicted octanol–water partition coefficient (Wildman–Crippen LogP) is 4.14. The quantitative estimate of drug-likeness (QED) is 0.669. The molecule has 0 spiro atoms. The molecule has 142 valence electrons. The highest BCUT2D eigenvalue weighted by molar-refractivity contribution is 6.30. The SMILES string of the molecule is O=C(c1cnccn1)N1CCC[C@H](c2cccc(Cc3ccc(Cl)cc3)n2)C1. The van der Waals surface area contributed by atoms with E-state index in [1.807, 2.05) is 35.2 Å². The van der Waals surface area contributed by atoms with Gasteiger partial charge in [0.25, 0.3) is 5.91 Å². The van der Waals surface area contributed by atoms with Gasteiger partial charge in [0.1, 0.15) is 5.69 Å². The number of carbonyl (C=O) groups is 1. The average Bonchev–Trinajstić information content (AvgIpc) is 2.76. The Labute approximate surface area is 169 Å². The number of pyridine rings is 1. The van der Waals surface area contributed by atoms with Crippen molar-refractivity contribution >= 4 is 17.5 Å². The molecule has 0 aliphatic carbocycles. The third-order valence-electron chi connectivity index (χ3n) is 5.04. The van der Waals surface area contributed by atoms with Crippen LogP contribution in [0.2, 0.25) is 5.02 Å². The third-order valence-corrected chi connectivity index (χ3v) is 5.29. The molecule has 1 saturated heterocycles. The Bertz CT molecular complexity index is 946. The molecule has 5 nitrogen and oxygen atoms in total. The highest BCUT2D eigenvalue weighted by atomic mass is 35.5. The van der Waals surface area contributed by atoms with Gasteiger partial charge in [-0.1, -0.05) is 29.8 Å². The molecular weight excluding hydrogens is 372 g/mol. The van der Waals surface area contributed by atoms with Crippen LogP contribution < -0.4 is 0 Å². The Morgan fingerprint density at radius 3 is 2.79 bits per heavy atom. The summed E-state index contributed by atoms with van der Waals surface area (Å²) in [6.45, 7) is 1.41. The Balaban J connectivity index is 1.47. The molecule has 0 bridgehead atoms. The maximum Gasteiger partial charge on any atom is 0.274 e. The van der Waals surface area contributed by atoms with Crippen molar-refractivity contribution in [3.63, 3.8) is 0 Å². The zero-order valence-electron chi connectivity index (χ0n) is 15.5. The first-order valence-electron chi connectivity index (χ1n) is 9.44. The topological polar surface area (TPSA) is 59.0 Å². The first-order chi connectivity index (χ1) is 13.7. The van der Waals surface area contributed by atoms with E-state index < -0.39 is 0 Å². The number of carbonyl (C=O) groups excluding carboxylic acids is 1. The minimum absolute atomic E-state index is 0.0601. The third kappa shape index (κ3) is 4.37. The van der Waals surface area contributed by atoms with Gasteiger partial charge in [0.15, 0.2) is 0 Å². The van der Waals surface area contributed by atoms with Crippen molar-refractivity contribution in [1.29, 1.82) is 0 Å². The molecule has 2 aromatic heterocycles. The second kappa shape index (κ2) is 8.48. The van der Waals surface area contributed by atoms with Crippen LogP contribution in [0, 0.1) is 0 Å². The lowest BCUT2D eigenvalue weighted by Crippen LogP contribution is -2.39. The summed E-state index contributed by atoms with van der Waals surface area (Å²) >= 11 is 5.97. The highest BCUT2D eigenvalue weighted by Crippen LogP contribution is 2.27. The molecule has 1 aliphatic heterocycles. The summed E-state index contributed by atoms with van der Waals surface area (Å²) in [6.07, 6.45) is 7.40. The Kier molecular flexibility index (Phi) is 5.63. The first kappa shape index (κ1) is 18.6. The molecule has 28 heavy (non-hydrogen) atoms. The maximum absolute atomic E-state index is 12.7. The van der Waals surface area contributed by atoms with Gasteiger partial charge >= 0.3 is 0 Å². The summed E-state index contributed by atoms with van der Waals surface area (Å²) in [5, 5.41) is 0.737. The summed E-state index contributed by atoms with van der Waals surface area (Å²) in [5.41, 5.74) is 3.64. The van der Waals surface area contributed by atoms with Gasteiger partial charge in [0.2, 0.25) is 0 Å². The minimum atomic E-state index is -0.0601. The number of nitrogens with zero attached hydrogens (tertiary/aromatic N) is 4. The van der Waals surface area contributed by atoms with Gasteiger partial charge in [0, 0.05) is 54.2 Å². The number of halogens is 1. The molecule has 3 heterocycles. The largest absolute Gasteiger partial charge is 0.337 e. The van der Waals surface area contributed by atoms with Crippen LogP contribution in [-0.4, -0.2) is 38.8 Å². The van der Waals surface area contributed by atoms with Gasteiger partial charge in [-0.3, -0.25) is 14.8 Å². The fourth-order valence-electron chi connectivity index (χ4n) is 3.61. The highest BCUT2D eigenvalue weighted by Gasteiger charge is 2.27. The normalized spacial score (nSPS) is 16.8. The smallest absolute Gasteiger partial charge is 0.274 e. The van der Waals surface area contributed by atoms with Crippen molar-refractivity contribution in [1.82, 2.24) is 19.9 Å². The van der Waals surface area contributed by atoms with E-state index in [0.717, 1.165) is 42.2 Å². The predicted molar refractivity (Wildman–Crippen MR) is 108 cm³/mol. The van der Waals surface area contributed by atoms with Crippen molar-refractivity contribution in [2.24, 2.45) is 0 Å². The van der Waals surface area contributed by atoms with E-state index in [2.05, 4.69) is 22.1 Å². The van der Waals surface area contributed by atoms with Crippen LogP contribution in [0.15, 0.2) is 61.1 Å². The Morgan fingerprint density at radius 1 is 1.14 bits per heavy atom. The van der Waals surface area contributed by atoms with E-state index in [1.165, 1.54) is 11.8 Å². The Morgan fingerprint density at radius 2 is 2.00 bits per heavy atom. The lowest BCUT2D eigenvalue weighted by molar-refractivity contribution is 0.0699. The number of aromatic nitrogens is 3. The molecule has 6 heteroatoms. The summed E-state index contributed by atoms with van der Waals surface area (Å²) in [4.78, 5) is 27.6. The number of hydrogen-bond acceptors (Lipinski definition) is 4. The van der Waals surface area contributed by atoms with Gasteiger partial charge in [0.05, 0.1) is 6.20 Å². The summed E-state index contributed by atoms with van der Waals surface area (Å²) in [7, 11) is 0. The van der Waals surface area contributed by atoms with Gasteiger partial charge in [-0.05, 0) is 42.7 Å². The molecule has 0 radical (unpaired) electrons. The molecule has 0 N–H and O–H groups in total. The molecule has 1 atom stereocenters.